The van der Waals surface area contributed by atoms with E-state index >= 15 is 0 Å². The third-order valence-corrected chi connectivity index (χ3v) is 1.29. The Balaban J connectivity index is 3.02. The fourth-order valence-corrected chi connectivity index (χ4v) is 0.774. The molecule has 0 fully saturated rings. The fraction of sp³-hybridized carbons (Fsp3) is 0.143. The highest BCUT2D eigenvalue weighted by Gasteiger charge is 2.01. The maximum absolute atomic E-state index is 10.9. The van der Waals surface area contributed by atoms with Gasteiger partial charge in [-0.3, -0.25) is 9.59 Å². The Bertz CT molecular complexity index is 355. The quantitative estimate of drug-likeness (QED) is 0.633. The van der Waals surface area contributed by atoms with Crippen LogP contribution in [0.4, 0.5) is 0 Å². The maximum Gasteiger partial charge on any atom is 0.323 e. The molecule has 0 aliphatic heterocycles. The second-order valence-corrected chi connectivity index (χ2v) is 2.24. The molecule has 1 aromatic rings. The van der Waals surface area contributed by atoms with Gasteiger partial charge in [0.25, 0.3) is 5.56 Å². The van der Waals surface area contributed by atoms with Gasteiger partial charge < -0.3 is 14.8 Å². The van der Waals surface area contributed by atoms with Gasteiger partial charge in [0, 0.05) is 12.3 Å². The monoisotopic (exact) mass is 169 g/mol. The smallest absolute Gasteiger partial charge is 0.323 e. The van der Waals surface area contributed by atoms with Gasteiger partial charge in [0.05, 0.1) is 0 Å². The Morgan fingerprint density at radius 2 is 2.25 bits per heavy atom. The van der Waals surface area contributed by atoms with Crippen molar-refractivity contribution in [2.45, 2.75) is 6.54 Å². The van der Waals surface area contributed by atoms with Crippen LogP contribution in [0.2, 0.25) is 0 Å². The van der Waals surface area contributed by atoms with E-state index in [1.807, 2.05) is 0 Å². The maximum atomic E-state index is 10.9. The van der Waals surface area contributed by atoms with Crippen molar-refractivity contribution in [3.05, 3.63) is 28.7 Å². The second kappa shape index (κ2) is 3.08. The van der Waals surface area contributed by atoms with E-state index in [-0.39, 0.29) is 12.3 Å². The van der Waals surface area contributed by atoms with Gasteiger partial charge in [0.15, 0.2) is 0 Å². The van der Waals surface area contributed by atoms with Gasteiger partial charge in [-0.25, -0.2) is 0 Å². The zero-order valence-electron chi connectivity index (χ0n) is 6.10. The number of pyridine rings is 1. The molecule has 1 heterocycles. The molecule has 0 bridgehead atoms. The van der Waals surface area contributed by atoms with Gasteiger partial charge in [-0.1, -0.05) is 0 Å². The fourth-order valence-electron chi connectivity index (χ4n) is 0.774. The standard InChI is InChI=1S/C7H7NO4/c9-5-1-2-8(4-7(11)12)6(10)3-5/h1-3,9H,4H2,(H,11,12). The molecule has 0 unspecified atom stereocenters. The van der Waals surface area contributed by atoms with Gasteiger partial charge in [0.1, 0.15) is 12.3 Å². The van der Waals surface area contributed by atoms with Crippen LogP contribution in [0.5, 0.6) is 5.75 Å². The number of carboxylic acid groups (broad SMARTS) is 1. The topological polar surface area (TPSA) is 79.5 Å². The number of aromatic nitrogens is 1. The van der Waals surface area contributed by atoms with Crippen LogP contribution in [0.1, 0.15) is 0 Å². The summed E-state index contributed by atoms with van der Waals surface area (Å²) >= 11 is 0. The third-order valence-electron chi connectivity index (χ3n) is 1.29. The molecule has 0 aliphatic rings. The van der Waals surface area contributed by atoms with Crippen molar-refractivity contribution in [1.82, 2.24) is 4.57 Å². The van der Waals surface area contributed by atoms with Gasteiger partial charge in [0.2, 0.25) is 0 Å². The minimum atomic E-state index is -1.09. The number of hydrogen-bond donors (Lipinski definition) is 2. The Hall–Kier alpha value is -1.78. The van der Waals surface area contributed by atoms with Crippen molar-refractivity contribution in [2.24, 2.45) is 0 Å². The predicted molar refractivity (Wildman–Crippen MR) is 40.0 cm³/mol. The summed E-state index contributed by atoms with van der Waals surface area (Å²) in [4.78, 5) is 21.1. The van der Waals surface area contributed by atoms with Crippen LogP contribution in [0.3, 0.4) is 0 Å². The van der Waals surface area contributed by atoms with E-state index < -0.39 is 11.5 Å². The minimum Gasteiger partial charge on any atom is -0.508 e. The van der Waals surface area contributed by atoms with Crippen LogP contribution in [0, 0.1) is 0 Å². The first-order chi connectivity index (χ1) is 5.59. The number of carbonyl (C=O) groups is 1. The molecule has 0 atom stereocenters. The average Bonchev–Trinajstić information content (AvgIpc) is 1.94. The van der Waals surface area contributed by atoms with Crippen molar-refractivity contribution in [3.8, 4) is 5.75 Å². The van der Waals surface area contributed by atoms with Crippen molar-refractivity contribution < 1.29 is 15.0 Å². The summed E-state index contributed by atoms with van der Waals surface area (Å²) in [6, 6.07) is 2.22. The summed E-state index contributed by atoms with van der Waals surface area (Å²) in [6.45, 7) is -0.390. The number of hydrogen-bond acceptors (Lipinski definition) is 3. The van der Waals surface area contributed by atoms with Crippen molar-refractivity contribution in [3.63, 3.8) is 0 Å². The van der Waals surface area contributed by atoms with E-state index in [2.05, 4.69) is 0 Å². The summed E-state index contributed by atoms with van der Waals surface area (Å²) in [5.41, 5.74) is -0.530. The molecule has 2 N–H and O–H groups in total. The molecule has 0 amide bonds. The molecule has 1 rings (SSSR count). The molecule has 0 saturated carbocycles. The van der Waals surface area contributed by atoms with Crippen molar-refractivity contribution >= 4 is 5.97 Å². The van der Waals surface area contributed by atoms with E-state index in [9.17, 15) is 9.59 Å². The molecule has 0 aromatic carbocycles. The minimum absolute atomic E-state index is 0.165. The molecule has 5 nitrogen and oxygen atoms in total. The van der Waals surface area contributed by atoms with Crippen LogP contribution in [-0.2, 0) is 11.3 Å². The first-order valence-corrected chi connectivity index (χ1v) is 3.21. The zero-order valence-corrected chi connectivity index (χ0v) is 6.10. The van der Waals surface area contributed by atoms with Crippen LogP contribution < -0.4 is 5.56 Å². The number of nitrogens with zero attached hydrogens (tertiary/aromatic N) is 1. The van der Waals surface area contributed by atoms with Crippen molar-refractivity contribution in [2.75, 3.05) is 0 Å². The first kappa shape index (κ1) is 8.32. The lowest BCUT2D eigenvalue weighted by molar-refractivity contribution is -0.137. The van der Waals surface area contributed by atoms with Crippen LogP contribution >= 0.6 is 0 Å². The highest BCUT2D eigenvalue weighted by Crippen LogP contribution is 2.00. The zero-order chi connectivity index (χ0) is 9.14. The summed E-state index contributed by atoms with van der Waals surface area (Å²) in [6.07, 6.45) is 1.23. The highest BCUT2D eigenvalue weighted by atomic mass is 16.4. The number of aromatic hydroxyl groups is 1. The average molecular weight is 169 g/mol. The lowest BCUT2D eigenvalue weighted by Gasteiger charge is -1.99. The summed E-state index contributed by atoms with van der Waals surface area (Å²) in [7, 11) is 0. The lowest BCUT2D eigenvalue weighted by atomic mass is 10.4. The molecule has 0 spiro atoms. The van der Waals surface area contributed by atoms with Crippen LogP contribution in [-0.4, -0.2) is 20.7 Å². The molecule has 0 saturated heterocycles. The van der Waals surface area contributed by atoms with Gasteiger partial charge >= 0.3 is 5.97 Å². The normalized spacial score (nSPS) is 9.67. The molecule has 0 radical (unpaired) electrons. The summed E-state index contributed by atoms with van der Waals surface area (Å²) in [5.74, 6) is -1.26. The van der Waals surface area contributed by atoms with E-state index in [1.54, 1.807) is 0 Å². The van der Waals surface area contributed by atoms with E-state index in [1.165, 1.54) is 12.3 Å². The Morgan fingerprint density at radius 1 is 1.58 bits per heavy atom. The predicted octanol–water partition coefficient (Wildman–Crippen LogP) is -0.361. The lowest BCUT2D eigenvalue weighted by Crippen LogP contribution is -2.22. The highest BCUT2D eigenvalue weighted by molar-refractivity contribution is 5.66. The Kier molecular flexibility index (Phi) is 2.14. The summed E-state index contributed by atoms with van der Waals surface area (Å²) in [5, 5.41) is 17.1. The van der Waals surface area contributed by atoms with Crippen LogP contribution in [0.25, 0.3) is 0 Å². The molecule has 1 aromatic heterocycles. The number of aliphatic carboxylic acids is 1. The number of rotatable bonds is 2. The molecule has 0 aliphatic carbocycles. The van der Waals surface area contributed by atoms with Gasteiger partial charge in [-0.2, -0.15) is 0 Å². The second-order valence-electron chi connectivity index (χ2n) is 2.24. The van der Waals surface area contributed by atoms with Gasteiger partial charge in [-0.05, 0) is 6.07 Å². The molecule has 64 valence electrons. The Morgan fingerprint density at radius 3 is 2.75 bits per heavy atom. The third kappa shape index (κ3) is 1.85. The first-order valence-electron chi connectivity index (χ1n) is 3.21. The van der Waals surface area contributed by atoms with Crippen LogP contribution in [0.15, 0.2) is 23.1 Å². The van der Waals surface area contributed by atoms with Crippen molar-refractivity contribution in [1.29, 1.82) is 0 Å². The molecular weight excluding hydrogens is 162 g/mol. The van der Waals surface area contributed by atoms with E-state index in [0.29, 0.717) is 0 Å². The molecule has 12 heavy (non-hydrogen) atoms. The summed E-state index contributed by atoms with van der Waals surface area (Å²) < 4.78 is 0.988. The van der Waals surface area contributed by atoms with Gasteiger partial charge in [-0.15, -0.1) is 0 Å². The Labute approximate surface area is 67.5 Å². The van der Waals surface area contributed by atoms with E-state index in [4.69, 9.17) is 10.2 Å². The molecular formula is C7H7NO4. The number of carboxylic acids is 1. The largest absolute Gasteiger partial charge is 0.508 e. The SMILES string of the molecule is O=C(O)Cn1ccc(O)cc1=O. The van der Waals surface area contributed by atoms with E-state index in [0.717, 1.165) is 10.6 Å². The molecule has 5 heteroatoms.